The van der Waals surface area contributed by atoms with Gasteiger partial charge in [0.15, 0.2) is 0 Å². The zero-order valence-electron chi connectivity index (χ0n) is 10.2. The molecule has 1 heterocycles. The Balaban J connectivity index is 2.32. The fraction of sp³-hybridized carbons (Fsp3) is 0.462. The minimum Gasteiger partial charge on any atom is -0.495 e. The van der Waals surface area contributed by atoms with Crippen LogP contribution < -0.4 is 15.0 Å². The molecule has 1 aromatic rings. The van der Waals surface area contributed by atoms with E-state index in [9.17, 15) is 0 Å². The Morgan fingerprint density at radius 3 is 3.00 bits per heavy atom. The van der Waals surface area contributed by atoms with Gasteiger partial charge in [0.1, 0.15) is 5.75 Å². The SMILES string of the molecule is COc1ccc(C#N)cc1N1CCNC(C)C1. The second kappa shape index (κ2) is 5.07. The van der Waals surface area contributed by atoms with Crippen LogP contribution in [-0.4, -0.2) is 32.8 Å². The molecule has 1 atom stereocenters. The molecule has 0 amide bonds. The molecule has 1 unspecified atom stereocenters. The average Bonchev–Trinajstić information content (AvgIpc) is 2.38. The van der Waals surface area contributed by atoms with Crippen LogP contribution in [0, 0.1) is 11.3 Å². The Labute approximate surface area is 102 Å². The molecule has 1 aliphatic heterocycles. The van der Waals surface area contributed by atoms with Crippen molar-refractivity contribution in [2.24, 2.45) is 0 Å². The topological polar surface area (TPSA) is 48.3 Å². The van der Waals surface area contributed by atoms with Gasteiger partial charge < -0.3 is 15.0 Å². The summed E-state index contributed by atoms with van der Waals surface area (Å²) >= 11 is 0. The molecular weight excluding hydrogens is 214 g/mol. The number of ether oxygens (including phenoxy) is 1. The van der Waals surface area contributed by atoms with Crippen LogP contribution in [-0.2, 0) is 0 Å². The van der Waals surface area contributed by atoms with E-state index >= 15 is 0 Å². The van der Waals surface area contributed by atoms with Gasteiger partial charge in [-0.2, -0.15) is 5.26 Å². The van der Waals surface area contributed by atoms with E-state index in [-0.39, 0.29) is 0 Å². The summed E-state index contributed by atoms with van der Waals surface area (Å²) < 4.78 is 5.36. The summed E-state index contributed by atoms with van der Waals surface area (Å²) in [6, 6.07) is 8.18. The zero-order chi connectivity index (χ0) is 12.3. The Morgan fingerprint density at radius 1 is 1.53 bits per heavy atom. The molecule has 0 saturated carbocycles. The van der Waals surface area contributed by atoms with E-state index in [1.54, 1.807) is 13.2 Å². The standard InChI is InChI=1S/C13H17N3O/c1-10-9-16(6-5-15-10)12-7-11(8-14)3-4-13(12)17-2/h3-4,7,10,15H,5-6,9H2,1-2H3. The van der Waals surface area contributed by atoms with Crippen molar-refractivity contribution < 1.29 is 4.74 Å². The molecule has 1 aliphatic rings. The molecule has 90 valence electrons. The highest BCUT2D eigenvalue weighted by molar-refractivity contribution is 5.62. The number of piperazine rings is 1. The minimum atomic E-state index is 0.458. The maximum atomic E-state index is 8.95. The number of nitrogens with zero attached hydrogens (tertiary/aromatic N) is 2. The van der Waals surface area contributed by atoms with Crippen molar-refractivity contribution in [1.29, 1.82) is 5.26 Å². The monoisotopic (exact) mass is 231 g/mol. The van der Waals surface area contributed by atoms with Crippen molar-refractivity contribution in [3.63, 3.8) is 0 Å². The van der Waals surface area contributed by atoms with Crippen molar-refractivity contribution in [3.05, 3.63) is 23.8 Å². The van der Waals surface area contributed by atoms with Crippen LogP contribution in [0.15, 0.2) is 18.2 Å². The predicted molar refractivity (Wildman–Crippen MR) is 67.4 cm³/mol. The lowest BCUT2D eigenvalue weighted by Gasteiger charge is -2.34. The lowest BCUT2D eigenvalue weighted by molar-refractivity contribution is 0.410. The first-order valence-electron chi connectivity index (χ1n) is 5.81. The van der Waals surface area contributed by atoms with Crippen LogP contribution in [0.25, 0.3) is 0 Å². The zero-order valence-corrected chi connectivity index (χ0v) is 10.2. The number of hydrogen-bond acceptors (Lipinski definition) is 4. The maximum Gasteiger partial charge on any atom is 0.142 e. The van der Waals surface area contributed by atoms with E-state index in [2.05, 4.69) is 23.2 Å². The number of anilines is 1. The molecule has 2 rings (SSSR count). The van der Waals surface area contributed by atoms with Gasteiger partial charge in [-0.1, -0.05) is 0 Å². The quantitative estimate of drug-likeness (QED) is 0.835. The molecule has 1 aromatic carbocycles. The number of hydrogen-bond donors (Lipinski definition) is 1. The molecular formula is C13H17N3O. The number of nitriles is 1. The van der Waals surface area contributed by atoms with Crippen molar-refractivity contribution in [2.45, 2.75) is 13.0 Å². The van der Waals surface area contributed by atoms with E-state index in [0.29, 0.717) is 11.6 Å². The van der Waals surface area contributed by atoms with E-state index in [0.717, 1.165) is 31.1 Å². The number of rotatable bonds is 2. The Bertz CT molecular complexity index is 439. The Morgan fingerprint density at radius 2 is 2.35 bits per heavy atom. The smallest absolute Gasteiger partial charge is 0.142 e. The lowest BCUT2D eigenvalue weighted by Crippen LogP contribution is -2.49. The molecule has 0 radical (unpaired) electrons. The molecule has 0 spiro atoms. The molecule has 4 heteroatoms. The maximum absolute atomic E-state index is 8.95. The largest absolute Gasteiger partial charge is 0.495 e. The van der Waals surface area contributed by atoms with Crippen LogP contribution in [0.2, 0.25) is 0 Å². The third-order valence-electron chi connectivity index (χ3n) is 3.02. The van der Waals surface area contributed by atoms with Crippen LogP contribution in [0.3, 0.4) is 0 Å². The van der Waals surface area contributed by atoms with Crippen LogP contribution >= 0.6 is 0 Å². The second-order valence-corrected chi connectivity index (χ2v) is 4.30. The average molecular weight is 231 g/mol. The Kier molecular flexibility index (Phi) is 3.50. The molecule has 17 heavy (non-hydrogen) atoms. The highest BCUT2D eigenvalue weighted by Gasteiger charge is 2.19. The predicted octanol–water partition coefficient (Wildman–Crippen LogP) is 1.36. The summed E-state index contributed by atoms with van der Waals surface area (Å²) in [5.74, 6) is 0.832. The summed E-state index contributed by atoms with van der Waals surface area (Å²) in [4.78, 5) is 2.26. The van der Waals surface area contributed by atoms with Crippen molar-refractivity contribution in [2.75, 3.05) is 31.6 Å². The first-order chi connectivity index (χ1) is 8.24. The van der Waals surface area contributed by atoms with Crippen LogP contribution in [0.4, 0.5) is 5.69 Å². The van der Waals surface area contributed by atoms with E-state index < -0.39 is 0 Å². The molecule has 0 aliphatic carbocycles. The minimum absolute atomic E-state index is 0.458. The van der Waals surface area contributed by atoms with Crippen molar-refractivity contribution >= 4 is 5.69 Å². The second-order valence-electron chi connectivity index (χ2n) is 4.30. The van der Waals surface area contributed by atoms with Gasteiger partial charge in [0.25, 0.3) is 0 Å². The fourth-order valence-corrected chi connectivity index (χ4v) is 2.16. The van der Waals surface area contributed by atoms with Crippen LogP contribution in [0.5, 0.6) is 5.75 Å². The van der Waals surface area contributed by atoms with E-state index in [1.807, 2.05) is 12.1 Å². The number of benzene rings is 1. The van der Waals surface area contributed by atoms with E-state index in [1.165, 1.54) is 0 Å². The first kappa shape index (κ1) is 11.7. The molecule has 1 saturated heterocycles. The lowest BCUT2D eigenvalue weighted by atomic mass is 10.1. The normalized spacial score (nSPS) is 19.8. The van der Waals surface area contributed by atoms with Gasteiger partial charge in [0.2, 0.25) is 0 Å². The van der Waals surface area contributed by atoms with Gasteiger partial charge >= 0.3 is 0 Å². The summed E-state index contributed by atoms with van der Waals surface area (Å²) in [5, 5.41) is 12.4. The Hall–Kier alpha value is -1.73. The molecule has 1 N–H and O–H groups in total. The van der Waals surface area contributed by atoms with Gasteiger partial charge in [0.05, 0.1) is 24.4 Å². The van der Waals surface area contributed by atoms with Crippen LogP contribution in [0.1, 0.15) is 12.5 Å². The highest BCUT2D eigenvalue weighted by Crippen LogP contribution is 2.29. The molecule has 4 nitrogen and oxygen atoms in total. The van der Waals surface area contributed by atoms with Gasteiger partial charge in [-0.15, -0.1) is 0 Å². The number of nitrogens with one attached hydrogen (secondary N) is 1. The van der Waals surface area contributed by atoms with Crippen molar-refractivity contribution in [1.82, 2.24) is 5.32 Å². The summed E-state index contributed by atoms with van der Waals surface area (Å²) in [7, 11) is 1.66. The summed E-state index contributed by atoms with van der Waals surface area (Å²) in [6.45, 7) is 4.99. The van der Waals surface area contributed by atoms with Gasteiger partial charge in [0, 0.05) is 25.7 Å². The van der Waals surface area contributed by atoms with Gasteiger partial charge in [-0.05, 0) is 25.1 Å². The van der Waals surface area contributed by atoms with Gasteiger partial charge in [-0.3, -0.25) is 0 Å². The third-order valence-corrected chi connectivity index (χ3v) is 3.02. The van der Waals surface area contributed by atoms with Crippen molar-refractivity contribution in [3.8, 4) is 11.8 Å². The summed E-state index contributed by atoms with van der Waals surface area (Å²) in [5.41, 5.74) is 1.69. The summed E-state index contributed by atoms with van der Waals surface area (Å²) in [6.07, 6.45) is 0. The highest BCUT2D eigenvalue weighted by atomic mass is 16.5. The fourth-order valence-electron chi connectivity index (χ4n) is 2.16. The van der Waals surface area contributed by atoms with E-state index in [4.69, 9.17) is 10.00 Å². The molecule has 0 bridgehead atoms. The molecule has 0 aromatic heterocycles. The number of methoxy groups -OCH3 is 1. The first-order valence-corrected chi connectivity index (χ1v) is 5.81. The van der Waals surface area contributed by atoms with Gasteiger partial charge in [-0.25, -0.2) is 0 Å². The third kappa shape index (κ3) is 2.51. The molecule has 1 fully saturated rings.